The van der Waals surface area contributed by atoms with Gasteiger partial charge in [0.1, 0.15) is 23.0 Å². The third kappa shape index (κ3) is 3.85. The number of Topliss-reactive ketones (excluding diaryl/α,β-unsaturated/α-hetero) is 1. The van der Waals surface area contributed by atoms with Crippen LogP contribution in [0.1, 0.15) is 12.5 Å². The van der Waals surface area contributed by atoms with E-state index in [1.807, 2.05) is 48.5 Å². The number of carbonyl (C=O) groups is 1. The fourth-order valence-electron chi connectivity index (χ4n) is 1.74. The summed E-state index contributed by atoms with van der Waals surface area (Å²) in [7, 11) is 1.63. The van der Waals surface area contributed by atoms with E-state index in [-0.39, 0.29) is 5.78 Å². The van der Waals surface area contributed by atoms with E-state index >= 15 is 0 Å². The number of ketones is 1. The van der Waals surface area contributed by atoms with E-state index in [2.05, 4.69) is 0 Å². The molecule has 19 heavy (non-hydrogen) atoms. The van der Waals surface area contributed by atoms with Crippen molar-refractivity contribution in [1.29, 1.82) is 0 Å². The Morgan fingerprint density at radius 3 is 1.84 bits per heavy atom. The Balaban J connectivity index is 2.04. The van der Waals surface area contributed by atoms with Gasteiger partial charge in [0.2, 0.25) is 0 Å². The number of rotatable bonds is 5. The minimum Gasteiger partial charge on any atom is -0.497 e. The Labute approximate surface area is 112 Å². The van der Waals surface area contributed by atoms with Crippen molar-refractivity contribution in [2.24, 2.45) is 0 Å². The number of carbonyl (C=O) groups excluding carboxylic acids is 1. The molecular weight excluding hydrogens is 240 g/mol. The van der Waals surface area contributed by atoms with E-state index in [0.29, 0.717) is 6.42 Å². The summed E-state index contributed by atoms with van der Waals surface area (Å²) in [6, 6.07) is 14.9. The smallest absolute Gasteiger partial charge is 0.134 e. The van der Waals surface area contributed by atoms with Crippen molar-refractivity contribution in [2.45, 2.75) is 13.3 Å². The van der Waals surface area contributed by atoms with Crippen LogP contribution in [0.15, 0.2) is 48.5 Å². The molecule has 2 aromatic rings. The maximum absolute atomic E-state index is 11.0. The van der Waals surface area contributed by atoms with Gasteiger partial charge in [0.05, 0.1) is 7.11 Å². The van der Waals surface area contributed by atoms with Crippen LogP contribution in [0, 0.1) is 0 Å². The molecule has 98 valence electrons. The number of hydrogen-bond donors (Lipinski definition) is 0. The van der Waals surface area contributed by atoms with E-state index in [4.69, 9.17) is 9.47 Å². The lowest BCUT2D eigenvalue weighted by Crippen LogP contribution is -1.95. The van der Waals surface area contributed by atoms with Gasteiger partial charge in [-0.15, -0.1) is 0 Å². The molecule has 3 heteroatoms. The Bertz CT molecular complexity index is 541. The molecule has 0 saturated heterocycles. The topological polar surface area (TPSA) is 35.5 Å². The Hall–Kier alpha value is -2.29. The van der Waals surface area contributed by atoms with Crippen LogP contribution in [0.5, 0.6) is 17.2 Å². The summed E-state index contributed by atoms with van der Waals surface area (Å²) < 4.78 is 10.8. The van der Waals surface area contributed by atoms with Crippen LogP contribution in [0.3, 0.4) is 0 Å². The first-order chi connectivity index (χ1) is 9.17. The Morgan fingerprint density at radius 1 is 0.895 bits per heavy atom. The zero-order valence-electron chi connectivity index (χ0n) is 11.1. The summed E-state index contributed by atoms with van der Waals surface area (Å²) in [6.45, 7) is 1.59. The van der Waals surface area contributed by atoms with Crippen molar-refractivity contribution in [2.75, 3.05) is 7.11 Å². The zero-order chi connectivity index (χ0) is 13.7. The van der Waals surface area contributed by atoms with E-state index in [0.717, 1.165) is 22.8 Å². The van der Waals surface area contributed by atoms with Crippen molar-refractivity contribution in [3.63, 3.8) is 0 Å². The molecule has 0 radical (unpaired) electrons. The van der Waals surface area contributed by atoms with Gasteiger partial charge in [0, 0.05) is 6.42 Å². The van der Waals surface area contributed by atoms with Crippen LogP contribution in [-0.4, -0.2) is 12.9 Å². The molecule has 0 spiro atoms. The predicted octanol–water partition coefficient (Wildman–Crippen LogP) is 3.62. The van der Waals surface area contributed by atoms with Crippen molar-refractivity contribution >= 4 is 5.78 Å². The second kappa shape index (κ2) is 6.05. The first-order valence-corrected chi connectivity index (χ1v) is 6.07. The van der Waals surface area contributed by atoms with E-state index in [1.165, 1.54) is 0 Å². The fraction of sp³-hybridized carbons (Fsp3) is 0.188. The molecule has 0 atom stereocenters. The molecule has 0 amide bonds. The Morgan fingerprint density at radius 2 is 1.37 bits per heavy atom. The summed E-state index contributed by atoms with van der Waals surface area (Å²) in [5.41, 5.74) is 0.995. The lowest BCUT2D eigenvalue weighted by atomic mass is 10.1. The molecule has 2 aromatic carbocycles. The Kier molecular flexibility index (Phi) is 4.18. The summed E-state index contributed by atoms with van der Waals surface area (Å²) in [5, 5.41) is 0. The second-order valence-electron chi connectivity index (χ2n) is 4.30. The highest BCUT2D eigenvalue weighted by molar-refractivity contribution is 5.78. The number of hydrogen-bond acceptors (Lipinski definition) is 3. The lowest BCUT2D eigenvalue weighted by molar-refractivity contribution is -0.116. The van der Waals surface area contributed by atoms with Gasteiger partial charge in [-0.25, -0.2) is 0 Å². The molecule has 2 rings (SSSR count). The van der Waals surface area contributed by atoms with Crippen LogP contribution in [-0.2, 0) is 11.2 Å². The SMILES string of the molecule is COc1ccc(Oc2ccc(CC(C)=O)cc2)cc1. The van der Waals surface area contributed by atoms with Gasteiger partial charge in [0.15, 0.2) is 0 Å². The third-order valence-electron chi connectivity index (χ3n) is 2.67. The highest BCUT2D eigenvalue weighted by atomic mass is 16.5. The number of ether oxygens (including phenoxy) is 2. The maximum atomic E-state index is 11.0. The summed E-state index contributed by atoms with van der Waals surface area (Å²) >= 11 is 0. The van der Waals surface area contributed by atoms with Crippen LogP contribution in [0.4, 0.5) is 0 Å². The molecule has 0 fully saturated rings. The monoisotopic (exact) mass is 256 g/mol. The van der Waals surface area contributed by atoms with Gasteiger partial charge in [-0.2, -0.15) is 0 Å². The molecule has 0 bridgehead atoms. The van der Waals surface area contributed by atoms with Crippen LogP contribution >= 0.6 is 0 Å². The largest absolute Gasteiger partial charge is 0.497 e. The normalized spacial score (nSPS) is 10.0. The standard InChI is InChI=1S/C16H16O3/c1-12(17)11-13-3-5-15(6-4-13)19-16-9-7-14(18-2)8-10-16/h3-10H,11H2,1-2H3. The highest BCUT2D eigenvalue weighted by Crippen LogP contribution is 2.24. The van der Waals surface area contributed by atoms with E-state index in [1.54, 1.807) is 14.0 Å². The predicted molar refractivity (Wildman–Crippen MR) is 73.9 cm³/mol. The van der Waals surface area contributed by atoms with Gasteiger partial charge < -0.3 is 9.47 Å². The van der Waals surface area contributed by atoms with Crippen LogP contribution in [0.2, 0.25) is 0 Å². The molecule has 0 heterocycles. The molecule has 3 nitrogen and oxygen atoms in total. The summed E-state index contributed by atoms with van der Waals surface area (Å²) in [4.78, 5) is 11.0. The third-order valence-corrected chi connectivity index (χ3v) is 2.67. The van der Waals surface area contributed by atoms with Gasteiger partial charge in [-0.3, -0.25) is 4.79 Å². The molecule has 0 aliphatic heterocycles. The zero-order valence-corrected chi connectivity index (χ0v) is 11.1. The van der Waals surface area contributed by atoms with E-state index in [9.17, 15) is 4.79 Å². The van der Waals surface area contributed by atoms with Crippen LogP contribution < -0.4 is 9.47 Å². The molecule has 0 saturated carbocycles. The number of benzene rings is 2. The first kappa shape index (κ1) is 13.1. The van der Waals surface area contributed by atoms with Crippen molar-refractivity contribution in [3.8, 4) is 17.2 Å². The molecule has 0 aliphatic rings. The molecule has 0 aromatic heterocycles. The van der Waals surface area contributed by atoms with Gasteiger partial charge in [-0.05, 0) is 48.9 Å². The highest BCUT2D eigenvalue weighted by Gasteiger charge is 2.00. The minimum absolute atomic E-state index is 0.156. The first-order valence-electron chi connectivity index (χ1n) is 6.07. The van der Waals surface area contributed by atoms with Gasteiger partial charge in [0.25, 0.3) is 0 Å². The molecule has 0 aliphatic carbocycles. The maximum Gasteiger partial charge on any atom is 0.134 e. The number of methoxy groups -OCH3 is 1. The van der Waals surface area contributed by atoms with Crippen LogP contribution in [0.25, 0.3) is 0 Å². The molecule has 0 N–H and O–H groups in total. The molecular formula is C16H16O3. The van der Waals surface area contributed by atoms with Crippen molar-refractivity contribution in [1.82, 2.24) is 0 Å². The minimum atomic E-state index is 0.156. The van der Waals surface area contributed by atoms with Gasteiger partial charge in [-0.1, -0.05) is 12.1 Å². The average molecular weight is 256 g/mol. The quantitative estimate of drug-likeness (QED) is 0.819. The van der Waals surface area contributed by atoms with Gasteiger partial charge >= 0.3 is 0 Å². The van der Waals surface area contributed by atoms with Crippen molar-refractivity contribution in [3.05, 3.63) is 54.1 Å². The summed E-state index contributed by atoms with van der Waals surface area (Å²) in [5.74, 6) is 2.45. The second-order valence-corrected chi connectivity index (χ2v) is 4.30. The van der Waals surface area contributed by atoms with E-state index < -0.39 is 0 Å². The lowest BCUT2D eigenvalue weighted by Gasteiger charge is -2.07. The summed E-state index contributed by atoms with van der Waals surface area (Å²) in [6.07, 6.45) is 0.461. The fourth-order valence-corrected chi connectivity index (χ4v) is 1.74. The molecule has 0 unspecified atom stereocenters. The average Bonchev–Trinajstić information content (AvgIpc) is 2.41. The van der Waals surface area contributed by atoms with Crippen molar-refractivity contribution < 1.29 is 14.3 Å².